The molecule has 0 aliphatic carbocycles. The average molecular weight is 344 g/mol. The molecule has 0 fully saturated rings. The maximum Gasteiger partial charge on any atom is 0.339 e. The molecule has 4 nitrogen and oxygen atoms in total. The summed E-state index contributed by atoms with van der Waals surface area (Å²) in [5, 5.41) is 11.0. The molecule has 0 spiro atoms. The normalized spacial score (nSPS) is 10.5. The molecule has 0 unspecified atom stereocenters. The minimum Gasteiger partial charge on any atom is -0.478 e. The third-order valence-electron chi connectivity index (χ3n) is 3.04. The van der Waals surface area contributed by atoms with Crippen molar-refractivity contribution < 1.29 is 14.6 Å². The van der Waals surface area contributed by atoms with E-state index in [1.165, 1.54) is 6.07 Å². The van der Waals surface area contributed by atoms with Crippen LogP contribution in [-0.2, 0) is 0 Å². The molecule has 0 bridgehead atoms. The Bertz CT molecular complexity index is 833. The number of carboxylic acid groups (broad SMARTS) is 1. The molecule has 3 rings (SSSR count). The molecule has 0 aliphatic rings. The predicted octanol–water partition coefficient (Wildman–Crippen LogP) is 4.49. The number of nitrogens with zero attached hydrogens (tertiary/aromatic N) is 1. The number of carboxylic acids is 1. The van der Waals surface area contributed by atoms with E-state index in [2.05, 4.69) is 20.9 Å². The molecular weight excluding hydrogens is 334 g/mol. The maximum absolute atomic E-state index is 11.2. The van der Waals surface area contributed by atoms with Crippen molar-refractivity contribution in [3.63, 3.8) is 0 Å². The van der Waals surface area contributed by atoms with Crippen LogP contribution < -0.4 is 4.74 Å². The van der Waals surface area contributed by atoms with Crippen molar-refractivity contribution in [3.8, 4) is 11.6 Å². The molecule has 0 saturated carbocycles. The Labute approximate surface area is 129 Å². The Hall–Kier alpha value is -2.40. The number of halogens is 1. The molecule has 3 aromatic rings. The van der Waals surface area contributed by atoms with Crippen molar-refractivity contribution in [1.29, 1.82) is 0 Å². The number of pyridine rings is 1. The Morgan fingerprint density at radius 3 is 2.67 bits per heavy atom. The number of aromatic nitrogens is 1. The molecule has 2 aromatic carbocycles. The second-order valence-corrected chi connectivity index (χ2v) is 5.21. The molecule has 5 heteroatoms. The van der Waals surface area contributed by atoms with Gasteiger partial charge in [0.15, 0.2) is 0 Å². The molecule has 1 heterocycles. The highest BCUT2D eigenvalue weighted by molar-refractivity contribution is 9.10. The molecule has 0 aliphatic heterocycles. The number of rotatable bonds is 3. The Morgan fingerprint density at radius 2 is 1.86 bits per heavy atom. The number of para-hydroxylation sites is 1. The van der Waals surface area contributed by atoms with Gasteiger partial charge in [-0.1, -0.05) is 34.1 Å². The number of fused-ring (bicyclic) bond motifs is 1. The standard InChI is InChI=1S/C16H10BrNO3/c17-13-6-3-5-11-10(13)8-9-18-15(11)21-14-7-2-1-4-12(14)16(19)20/h1-9H,(H,19,20). The van der Waals surface area contributed by atoms with E-state index in [0.29, 0.717) is 5.88 Å². The third-order valence-corrected chi connectivity index (χ3v) is 3.73. The van der Waals surface area contributed by atoms with Crippen LogP contribution in [0.5, 0.6) is 11.6 Å². The van der Waals surface area contributed by atoms with Gasteiger partial charge in [-0.2, -0.15) is 0 Å². The summed E-state index contributed by atoms with van der Waals surface area (Å²) in [7, 11) is 0. The molecule has 104 valence electrons. The monoisotopic (exact) mass is 343 g/mol. The Kier molecular flexibility index (Phi) is 3.58. The number of aromatic carboxylic acids is 1. The summed E-state index contributed by atoms with van der Waals surface area (Å²) in [6.45, 7) is 0. The lowest BCUT2D eigenvalue weighted by Gasteiger charge is -2.10. The van der Waals surface area contributed by atoms with E-state index in [1.54, 1.807) is 24.4 Å². The zero-order chi connectivity index (χ0) is 14.8. The van der Waals surface area contributed by atoms with Crippen molar-refractivity contribution in [2.24, 2.45) is 0 Å². The van der Waals surface area contributed by atoms with Crippen molar-refractivity contribution in [3.05, 3.63) is 64.8 Å². The summed E-state index contributed by atoms with van der Waals surface area (Å²) in [4.78, 5) is 15.4. The van der Waals surface area contributed by atoms with Gasteiger partial charge in [0.2, 0.25) is 5.88 Å². The summed E-state index contributed by atoms with van der Waals surface area (Å²) < 4.78 is 6.66. The second-order valence-electron chi connectivity index (χ2n) is 4.35. The van der Waals surface area contributed by atoms with E-state index in [4.69, 9.17) is 4.74 Å². The van der Waals surface area contributed by atoms with Gasteiger partial charge in [-0.25, -0.2) is 9.78 Å². The molecule has 0 radical (unpaired) electrons. The van der Waals surface area contributed by atoms with Crippen LogP contribution in [0.2, 0.25) is 0 Å². The van der Waals surface area contributed by atoms with Gasteiger partial charge < -0.3 is 9.84 Å². The van der Waals surface area contributed by atoms with Gasteiger partial charge in [-0.3, -0.25) is 0 Å². The number of benzene rings is 2. The largest absolute Gasteiger partial charge is 0.478 e. The van der Waals surface area contributed by atoms with Gasteiger partial charge in [0, 0.05) is 21.4 Å². The number of carbonyl (C=O) groups is 1. The highest BCUT2D eigenvalue weighted by Crippen LogP contribution is 2.32. The van der Waals surface area contributed by atoms with Crippen LogP contribution in [0.1, 0.15) is 10.4 Å². The highest BCUT2D eigenvalue weighted by atomic mass is 79.9. The number of ether oxygens (including phenoxy) is 1. The first-order chi connectivity index (χ1) is 10.2. The Morgan fingerprint density at radius 1 is 1.05 bits per heavy atom. The van der Waals surface area contributed by atoms with E-state index in [1.807, 2.05) is 24.3 Å². The maximum atomic E-state index is 11.2. The SMILES string of the molecule is O=C(O)c1ccccc1Oc1nccc2c(Br)cccc12. The lowest BCUT2D eigenvalue weighted by atomic mass is 10.1. The van der Waals surface area contributed by atoms with Crippen LogP contribution in [0.3, 0.4) is 0 Å². The van der Waals surface area contributed by atoms with Crippen LogP contribution in [0.15, 0.2) is 59.2 Å². The fourth-order valence-corrected chi connectivity index (χ4v) is 2.56. The first-order valence-corrected chi connectivity index (χ1v) is 6.99. The summed E-state index contributed by atoms with van der Waals surface area (Å²) in [6.07, 6.45) is 1.63. The van der Waals surface area contributed by atoms with Gasteiger partial charge in [-0.05, 0) is 30.3 Å². The summed E-state index contributed by atoms with van der Waals surface area (Å²) in [5.41, 5.74) is 0.103. The van der Waals surface area contributed by atoms with E-state index >= 15 is 0 Å². The molecule has 0 saturated heterocycles. The molecule has 1 N–H and O–H groups in total. The minimum atomic E-state index is -1.04. The zero-order valence-electron chi connectivity index (χ0n) is 10.8. The predicted molar refractivity (Wildman–Crippen MR) is 82.9 cm³/mol. The van der Waals surface area contributed by atoms with Crippen LogP contribution in [0, 0.1) is 0 Å². The van der Waals surface area contributed by atoms with E-state index in [9.17, 15) is 9.90 Å². The average Bonchev–Trinajstić information content (AvgIpc) is 2.49. The molecule has 0 amide bonds. The van der Waals surface area contributed by atoms with Gasteiger partial charge in [-0.15, -0.1) is 0 Å². The van der Waals surface area contributed by atoms with Crippen molar-refractivity contribution in [2.75, 3.05) is 0 Å². The first-order valence-electron chi connectivity index (χ1n) is 6.20. The van der Waals surface area contributed by atoms with E-state index < -0.39 is 5.97 Å². The van der Waals surface area contributed by atoms with Crippen LogP contribution in [0.25, 0.3) is 10.8 Å². The fourth-order valence-electron chi connectivity index (χ4n) is 2.06. The van der Waals surface area contributed by atoms with Crippen molar-refractivity contribution in [2.45, 2.75) is 0 Å². The van der Waals surface area contributed by atoms with Gasteiger partial charge in [0.25, 0.3) is 0 Å². The zero-order valence-corrected chi connectivity index (χ0v) is 12.4. The smallest absolute Gasteiger partial charge is 0.339 e. The molecule has 1 aromatic heterocycles. The fraction of sp³-hybridized carbons (Fsp3) is 0. The minimum absolute atomic E-state index is 0.103. The lowest BCUT2D eigenvalue weighted by molar-refractivity contribution is 0.0694. The van der Waals surface area contributed by atoms with Gasteiger partial charge in [0.05, 0.1) is 0 Å². The van der Waals surface area contributed by atoms with E-state index in [0.717, 1.165) is 15.2 Å². The van der Waals surface area contributed by atoms with Gasteiger partial charge >= 0.3 is 5.97 Å². The molecular formula is C16H10BrNO3. The summed E-state index contributed by atoms with van der Waals surface area (Å²) >= 11 is 3.48. The molecule has 0 atom stereocenters. The van der Waals surface area contributed by atoms with E-state index in [-0.39, 0.29) is 11.3 Å². The van der Waals surface area contributed by atoms with Crippen LogP contribution >= 0.6 is 15.9 Å². The highest BCUT2D eigenvalue weighted by Gasteiger charge is 2.13. The summed E-state index contributed by atoms with van der Waals surface area (Å²) in [6, 6.07) is 14.1. The number of hydrogen-bond acceptors (Lipinski definition) is 3. The quantitative estimate of drug-likeness (QED) is 0.761. The number of hydrogen-bond donors (Lipinski definition) is 1. The topological polar surface area (TPSA) is 59.4 Å². The first kappa shape index (κ1) is 13.6. The Balaban J connectivity index is 2.11. The van der Waals surface area contributed by atoms with Crippen LogP contribution in [0.4, 0.5) is 0 Å². The molecule has 21 heavy (non-hydrogen) atoms. The van der Waals surface area contributed by atoms with Crippen LogP contribution in [-0.4, -0.2) is 16.1 Å². The van der Waals surface area contributed by atoms with Gasteiger partial charge in [0.1, 0.15) is 11.3 Å². The lowest BCUT2D eigenvalue weighted by Crippen LogP contribution is -2.00. The van der Waals surface area contributed by atoms with Crippen molar-refractivity contribution in [1.82, 2.24) is 4.98 Å². The van der Waals surface area contributed by atoms with Crippen molar-refractivity contribution >= 4 is 32.7 Å². The second kappa shape index (κ2) is 5.54. The third kappa shape index (κ3) is 2.60. The summed E-state index contributed by atoms with van der Waals surface area (Å²) in [5.74, 6) is -0.389.